The van der Waals surface area contributed by atoms with E-state index in [0.29, 0.717) is 0 Å². The summed E-state index contributed by atoms with van der Waals surface area (Å²) >= 11 is 0. The lowest BCUT2D eigenvalue weighted by Gasteiger charge is -2.16. The van der Waals surface area contributed by atoms with Crippen LogP contribution in [-0.4, -0.2) is 36.2 Å². The summed E-state index contributed by atoms with van der Waals surface area (Å²) in [5.41, 5.74) is 4.07. The van der Waals surface area contributed by atoms with E-state index in [0.717, 1.165) is 34.4 Å². The summed E-state index contributed by atoms with van der Waals surface area (Å²) in [5, 5.41) is 14.1. The number of fused-ring (bicyclic) bond motifs is 3. The Morgan fingerprint density at radius 3 is 2.24 bits per heavy atom. The van der Waals surface area contributed by atoms with Gasteiger partial charge >= 0.3 is 12.1 Å². The number of carbonyl (C=O) groups excluding carboxylic acids is 2. The van der Waals surface area contributed by atoms with Crippen LogP contribution in [0.25, 0.3) is 11.1 Å². The molecule has 0 heterocycles. The fourth-order valence-corrected chi connectivity index (χ4v) is 4.01. The molecular weight excluding hydrogens is 439 g/mol. The number of alkyl carbamates (subject to hydrolysis) is 1. The van der Waals surface area contributed by atoms with Gasteiger partial charge in [-0.1, -0.05) is 55.5 Å². The average molecular weight is 462 g/mol. The van der Waals surface area contributed by atoms with Crippen molar-refractivity contribution in [1.29, 1.82) is 0 Å². The van der Waals surface area contributed by atoms with Gasteiger partial charge in [0, 0.05) is 18.2 Å². The molecule has 0 bridgehead atoms. The Bertz CT molecular complexity index is 1210. The van der Waals surface area contributed by atoms with E-state index in [2.05, 4.69) is 22.8 Å². The summed E-state index contributed by atoms with van der Waals surface area (Å²) in [4.78, 5) is 35.7. The monoisotopic (exact) mass is 462 g/mol. The van der Waals surface area contributed by atoms with Crippen molar-refractivity contribution in [1.82, 2.24) is 5.32 Å². The van der Waals surface area contributed by atoms with E-state index in [1.807, 2.05) is 36.4 Å². The minimum atomic E-state index is -1.43. The van der Waals surface area contributed by atoms with Crippen LogP contribution in [-0.2, 0) is 9.53 Å². The van der Waals surface area contributed by atoms with Crippen molar-refractivity contribution < 1.29 is 28.6 Å². The molecule has 2 amide bonds. The Morgan fingerprint density at radius 1 is 1.00 bits per heavy atom. The van der Waals surface area contributed by atoms with Crippen LogP contribution in [0.3, 0.4) is 0 Å². The number of halogens is 1. The first kappa shape index (κ1) is 23.0. The largest absolute Gasteiger partial charge is 0.478 e. The molecule has 0 aliphatic heterocycles. The van der Waals surface area contributed by atoms with E-state index in [-0.39, 0.29) is 24.8 Å². The SMILES string of the molecule is CC(CNC(=O)OCC1c2ccccc2-c2ccccc21)C(=O)Nc1ccc(F)c(C(=O)O)c1. The van der Waals surface area contributed by atoms with Gasteiger partial charge in [-0.05, 0) is 40.5 Å². The maximum atomic E-state index is 13.5. The molecule has 1 aliphatic rings. The van der Waals surface area contributed by atoms with Crippen LogP contribution in [0.15, 0.2) is 66.7 Å². The molecule has 0 spiro atoms. The van der Waals surface area contributed by atoms with Gasteiger partial charge in [-0.2, -0.15) is 0 Å². The van der Waals surface area contributed by atoms with Crippen molar-refractivity contribution in [2.45, 2.75) is 12.8 Å². The minimum Gasteiger partial charge on any atom is -0.478 e. The molecular formula is C26H23FN2O5. The van der Waals surface area contributed by atoms with Crippen LogP contribution in [0.4, 0.5) is 14.9 Å². The third-order valence-electron chi connectivity index (χ3n) is 5.81. The van der Waals surface area contributed by atoms with E-state index in [4.69, 9.17) is 9.84 Å². The molecule has 1 atom stereocenters. The number of carboxylic acid groups (broad SMARTS) is 1. The predicted molar refractivity (Wildman–Crippen MR) is 124 cm³/mol. The van der Waals surface area contributed by atoms with E-state index >= 15 is 0 Å². The van der Waals surface area contributed by atoms with Gasteiger partial charge in [-0.15, -0.1) is 0 Å². The lowest BCUT2D eigenvalue weighted by molar-refractivity contribution is -0.119. The standard InChI is InChI=1S/C26H23FN2O5/c1-15(24(30)29-16-10-11-23(27)21(12-16)25(31)32)13-28-26(33)34-14-22-19-8-4-2-6-17(19)18-7-3-5-9-20(18)22/h2-12,15,22H,13-14H2,1H3,(H,28,33)(H,29,30)(H,31,32). The number of amides is 2. The first-order valence-corrected chi connectivity index (χ1v) is 10.8. The number of rotatable bonds is 7. The van der Waals surface area contributed by atoms with Crippen molar-refractivity contribution in [3.8, 4) is 11.1 Å². The van der Waals surface area contributed by atoms with Crippen molar-refractivity contribution in [2.75, 3.05) is 18.5 Å². The molecule has 1 aliphatic carbocycles. The average Bonchev–Trinajstić information content (AvgIpc) is 3.16. The van der Waals surface area contributed by atoms with E-state index in [1.165, 1.54) is 6.07 Å². The molecule has 7 nitrogen and oxygen atoms in total. The number of carboxylic acids is 1. The van der Waals surface area contributed by atoms with Gasteiger partial charge in [0.25, 0.3) is 0 Å². The zero-order valence-corrected chi connectivity index (χ0v) is 18.4. The maximum Gasteiger partial charge on any atom is 0.407 e. The predicted octanol–water partition coefficient (Wildman–Crippen LogP) is 4.64. The van der Waals surface area contributed by atoms with Gasteiger partial charge in [0.05, 0.1) is 11.5 Å². The topological polar surface area (TPSA) is 105 Å². The number of benzene rings is 3. The van der Waals surface area contributed by atoms with Gasteiger partial charge in [-0.3, -0.25) is 4.79 Å². The van der Waals surface area contributed by atoms with Crippen molar-refractivity contribution in [3.63, 3.8) is 0 Å². The second kappa shape index (κ2) is 9.74. The van der Waals surface area contributed by atoms with Gasteiger partial charge in [-0.25, -0.2) is 14.0 Å². The molecule has 3 aromatic carbocycles. The van der Waals surface area contributed by atoms with Crippen molar-refractivity contribution in [2.24, 2.45) is 5.92 Å². The number of anilines is 1. The Labute approximate surface area is 195 Å². The summed E-state index contributed by atoms with van der Waals surface area (Å²) in [7, 11) is 0. The molecule has 1 unspecified atom stereocenters. The highest BCUT2D eigenvalue weighted by Gasteiger charge is 2.29. The van der Waals surface area contributed by atoms with E-state index < -0.39 is 35.3 Å². The second-order valence-electron chi connectivity index (χ2n) is 8.10. The summed E-state index contributed by atoms with van der Waals surface area (Å²) in [5.74, 6) is -3.49. The van der Waals surface area contributed by atoms with Crippen molar-refractivity contribution in [3.05, 3.63) is 89.2 Å². The van der Waals surface area contributed by atoms with Crippen LogP contribution in [0.5, 0.6) is 0 Å². The molecule has 3 aromatic rings. The molecule has 0 radical (unpaired) electrons. The van der Waals surface area contributed by atoms with E-state index in [9.17, 15) is 18.8 Å². The summed E-state index contributed by atoms with van der Waals surface area (Å²) in [6.07, 6.45) is -0.642. The first-order chi connectivity index (χ1) is 16.3. The highest BCUT2D eigenvalue weighted by atomic mass is 19.1. The fourth-order valence-electron chi connectivity index (χ4n) is 4.01. The number of nitrogens with one attached hydrogen (secondary N) is 2. The highest BCUT2D eigenvalue weighted by Crippen LogP contribution is 2.44. The molecule has 0 aromatic heterocycles. The zero-order valence-electron chi connectivity index (χ0n) is 18.4. The lowest BCUT2D eigenvalue weighted by atomic mass is 9.98. The van der Waals surface area contributed by atoms with Gasteiger partial charge in [0.1, 0.15) is 12.4 Å². The van der Waals surface area contributed by atoms with Gasteiger partial charge in [0.2, 0.25) is 5.91 Å². The molecule has 4 rings (SSSR count). The maximum absolute atomic E-state index is 13.5. The number of hydrogen-bond donors (Lipinski definition) is 3. The Kier molecular flexibility index (Phi) is 6.58. The molecule has 0 saturated heterocycles. The first-order valence-electron chi connectivity index (χ1n) is 10.8. The zero-order chi connectivity index (χ0) is 24.2. The Hall–Kier alpha value is -4.20. The van der Waals surface area contributed by atoms with Crippen LogP contribution in [0, 0.1) is 11.7 Å². The lowest BCUT2D eigenvalue weighted by Crippen LogP contribution is -2.35. The summed E-state index contributed by atoms with van der Waals surface area (Å²) in [6, 6.07) is 19.3. The highest BCUT2D eigenvalue weighted by molar-refractivity contribution is 5.95. The van der Waals surface area contributed by atoms with E-state index in [1.54, 1.807) is 6.92 Å². The minimum absolute atomic E-state index is 0.00941. The second-order valence-corrected chi connectivity index (χ2v) is 8.10. The van der Waals surface area contributed by atoms with Crippen LogP contribution in [0.2, 0.25) is 0 Å². The fraction of sp³-hybridized carbons (Fsp3) is 0.192. The van der Waals surface area contributed by atoms with Crippen LogP contribution in [0.1, 0.15) is 34.3 Å². The third kappa shape index (κ3) is 4.76. The molecule has 3 N–H and O–H groups in total. The van der Waals surface area contributed by atoms with Crippen molar-refractivity contribution >= 4 is 23.7 Å². The molecule has 34 heavy (non-hydrogen) atoms. The molecule has 0 fully saturated rings. The van der Waals surface area contributed by atoms with Gasteiger partial charge in [0.15, 0.2) is 0 Å². The number of ether oxygens (including phenoxy) is 1. The Balaban J connectivity index is 1.30. The third-order valence-corrected chi connectivity index (χ3v) is 5.81. The Morgan fingerprint density at radius 2 is 1.62 bits per heavy atom. The van der Waals surface area contributed by atoms with Gasteiger partial charge < -0.3 is 20.5 Å². The van der Waals surface area contributed by atoms with Crippen LogP contribution < -0.4 is 10.6 Å². The smallest absolute Gasteiger partial charge is 0.407 e. The molecule has 0 saturated carbocycles. The molecule has 174 valence electrons. The number of carbonyl (C=O) groups is 3. The molecule has 8 heteroatoms. The quantitative estimate of drug-likeness (QED) is 0.475. The summed E-state index contributed by atoms with van der Waals surface area (Å²) in [6.45, 7) is 1.77. The number of hydrogen-bond acceptors (Lipinski definition) is 4. The van der Waals surface area contributed by atoms with Crippen LogP contribution >= 0.6 is 0 Å². The number of aromatic carboxylic acids is 1. The normalized spacial score (nSPS) is 12.9. The summed E-state index contributed by atoms with van der Waals surface area (Å²) < 4.78 is 19.0.